The van der Waals surface area contributed by atoms with Gasteiger partial charge in [-0.1, -0.05) is 0 Å². The van der Waals surface area contributed by atoms with E-state index in [4.69, 9.17) is 9.47 Å². The zero-order valence-corrected chi connectivity index (χ0v) is 16.5. The third-order valence-corrected chi connectivity index (χ3v) is 6.34. The van der Waals surface area contributed by atoms with E-state index >= 15 is 0 Å². The number of nitrogens with zero attached hydrogens (tertiary/aromatic N) is 3. The van der Waals surface area contributed by atoms with Crippen LogP contribution < -0.4 is 4.90 Å². The van der Waals surface area contributed by atoms with Gasteiger partial charge < -0.3 is 24.3 Å². The highest BCUT2D eigenvalue weighted by Crippen LogP contribution is 2.33. The monoisotopic (exact) mass is 398 g/mol. The smallest absolute Gasteiger partial charge is 0.410 e. The van der Waals surface area contributed by atoms with Crippen LogP contribution in [0.4, 0.5) is 10.5 Å². The summed E-state index contributed by atoms with van der Waals surface area (Å²) in [5.74, 6) is 0. The number of piperazine rings is 1. The first kappa shape index (κ1) is 17.5. The van der Waals surface area contributed by atoms with Crippen LogP contribution in [0.2, 0.25) is 0 Å². The third kappa shape index (κ3) is 3.22. The highest BCUT2D eigenvalue weighted by molar-refractivity contribution is 7.13. The Kier molecular flexibility index (Phi) is 4.44. The van der Waals surface area contributed by atoms with Crippen LogP contribution in [0.5, 0.6) is 0 Å². The number of aromatic nitrogens is 2. The molecule has 5 rings (SSSR count). The van der Waals surface area contributed by atoms with Crippen LogP contribution in [0.25, 0.3) is 21.6 Å². The van der Waals surface area contributed by atoms with Crippen molar-refractivity contribution in [1.29, 1.82) is 0 Å². The van der Waals surface area contributed by atoms with Crippen molar-refractivity contribution in [3.63, 3.8) is 0 Å². The summed E-state index contributed by atoms with van der Waals surface area (Å²) in [6.45, 7) is 5.98. The Labute approximate surface area is 166 Å². The van der Waals surface area contributed by atoms with Gasteiger partial charge in [0.1, 0.15) is 5.65 Å². The number of carbonyl (C=O) groups is 1. The van der Waals surface area contributed by atoms with Gasteiger partial charge in [0.2, 0.25) is 0 Å². The molecule has 0 atom stereocenters. The highest BCUT2D eigenvalue weighted by Gasteiger charge is 2.28. The maximum Gasteiger partial charge on any atom is 0.410 e. The van der Waals surface area contributed by atoms with E-state index in [1.54, 1.807) is 16.2 Å². The Morgan fingerprint density at radius 3 is 2.79 bits per heavy atom. The number of hydrogen-bond acceptors (Lipinski definition) is 6. The van der Waals surface area contributed by atoms with E-state index in [-0.39, 0.29) is 12.2 Å². The van der Waals surface area contributed by atoms with Crippen LogP contribution in [-0.2, 0) is 9.47 Å². The lowest BCUT2D eigenvalue weighted by molar-refractivity contribution is -0.104. The summed E-state index contributed by atoms with van der Waals surface area (Å²) in [4.78, 5) is 25.5. The quantitative estimate of drug-likeness (QED) is 0.733. The van der Waals surface area contributed by atoms with Gasteiger partial charge in [-0.2, -0.15) is 0 Å². The molecule has 5 heterocycles. The number of aromatic amines is 1. The molecular weight excluding hydrogens is 376 g/mol. The van der Waals surface area contributed by atoms with Crippen molar-refractivity contribution in [2.24, 2.45) is 0 Å². The van der Waals surface area contributed by atoms with E-state index in [1.165, 1.54) is 10.4 Å². The summed E-state index contributed by atoms with van der Waals surface area (Å²) < 4.78 is 10.5. The van der Waals surface area contributed by atoms with Crippen LogP contribution in [-0.4, -0.2) is 66.5 Å². The molecule has 2 aliphatic rings. The molecule has 7 nitrogen and oxygen atoms in total. The summed E-state index contributed by atoms with van der Waals surface area (Å²) in [5, 5.41) is 3.27. The van der Waals surface area contributed by atoms with Crippen LogP contribution in [0.3, 0.4) is 0 Å². The number of rotatable bonds is 3. The van der Waals surface area contributed by atoms with Crippen molar-refractivity contribution in [3.8, 4) is 10.6 Å². The molecule has 146 valence electrons. The number of anilines is 1. The number of ether oxygens (including phenoxy) is 2. The zero-order chi connectivity index (χ0) is 19.1. The summed E-state index contributed by atoms with van der Waals surface area (Å²) in [6, 6.07) is 6.42. The minimum absolute atomic E-state index is 0.0792. The fourth-order valence-electron chi connectivity index (χ4n) is 3.62. The van der Waals surface area contributed by atoms with E-state index < -0.39 is 0 Å². The summed E-state index contributed by atoms with van der Waals surface area (Å²) in [7, 11) is 0. The second-order valence-electron chi connectivity index (χ2n) is 7.28. The van der Waals surface area contributed by atoms with Crippen LogP contribution in [0.1, 0.15) is 5.56 Å². The molecule has 0 bridgehead atoms. The second-order valence-corrected chi connectivity index (χ2v) is 8.19. The molecule has 8 heteroatoms. The molecular formula is C20H22N4O3S. The minimum atomic E-state index is -0.232. The van der Waals surface area contributed by atoms with Crippen molar-refractivity contribution in [1.82, 2.24) is 14.9 Å². The Balaban J connectivity index is 1.32. The molecule has 1 N–H and O–H groups in total. The van der Waals surface area contributed by atoms with Gasteiger partial charge in [0.25, 0.3) is 0 Å². The van der Waals surface area contributed by atoms with Gasteiger partial charge in [0.05, 0.1) is 23.8 Å². The Hall–Kier alpha value is -2.58. The number of thiophene rings is 1. The molecule has 2 aliphatic heterocycles. The molecule has 0 unspecified atom stereocenters. The maximum atomic E-state index is 12.2. The predicted molar refractivity (Wildman–Crippen MR) is 109 cm³/mol. The number of hydrogen-bond donors (Lipinski definition) is 1. The van der Waals surface area contributed by atoms with Crippen LogP contribution in [0.15, 0.2) is 29.8 Å². The zero-order valence-electron chi connectivity index (χ0n) is 15.7. The fourth-order valence-corrected chi connectivity index (χ4v) is 4.49. The minimum Gasteiger partial charge on any atom is -0.441 e. The number of aryl methyl sites for hydroxylation is 1. The SMILES string of the molecule is Cc1csc(-c2cc3c(N4CCN(C(=O)OC5COC5)CC4)ccnc3[nH]2)c1. The van der Waals surface area contributed by atoms with E-state index in [2.05, 4.69) is 45.4 Å². The van der Waals surface area contributed by atoms with Gasteiger partial charge in [0, 0.05) is 43.4 Å². The average molecular weight is 398 g/mol. The highest BCUT2D eigenvalue weighted by atomic mass is 32.1. The molecule has 28 heavy (non-hydrogen) atoms. The van der Waals surface area contributed by atoms with Crippen molar-refractivity contribution >= 4 is 34.2 Å². The molecule has 2 saturated heterocycles. The van der Waals surface area contributed by atoms with Crippen molar-refractivity contribution in [2.75, 3.05) is 44.3 Å². The predicted octanol–water partition coefficient (Wildman–Crippen LogP) is 3.26. The number of pyridine rings is 1. The maximum absolute atomic E-state index is 12.2. The van der Waals surface area contributed by atoms with E-state index in [0.717, 1.165) is 35.5 Å². The fraction of sp³-hybridized carbons (Fsp3) is 0.400. The average Bonchev–Trinajstić information content (AvgIpc) is 3.30. The summed E-state index contributed by atoms with van der Waals surface area (Å²) in [5.41, 5.74) is 4.41. The van der Waals surface area contributed by atoms with E-state index in [0.29, 0.717) is 26.3 Å². The molecule has 0 aliphatic carbocycles. The van der Waals surface area contributed by atoms with Crippen molar-refractivity contribution in [2.45, 2.75) is 13.0 Å². The molecule has 0 spiro atoms. The molecule has 0 radical (unpaired) electrons. The van der Waals surface area contributed by atoms with Crippen LogP contribution >= 0.6 is 11.3 Å². The van der Waals surface area contributed by atoms with Gasteiger partial charge in [-0.3, -0.25) is 0 Å². The van der Waals surface area contributed by atoms with E-state index in [9.17, 15) is 4.79 Å². The molecule has 0 saturated carbocycles. The van der Waals surface area contributed by atoms with Gasteiger partial charge in [-0.25, -0.2) is 9.78 Å². The molecule has 1 amide bonds. The number of H-pyrrole nitrogens is 1. The second kappa shape index (κ2) is 7.10. The number of fused-ring (bicyclic) bond motifs is 1. The van der Waals surface area contributed by atoms with Crippen molar-refractivity contribution in [3.05, 3.63) is 35.3 Å². The lowest BCUT2D eigenvalue weighted by Crippen LogP contribution is -2.51. The summed E-state index contributed by atoms with van der Waals surface area (Å²) >= 11 is 1.73. The number of amides is 1. The Bertz CT molecular complexity index is 1000. The number of nitrogens with one attached hydrogen (secondary N) is 1. The Morgan fingerprint density at radius 1 is 1.29 bits per heavy atom. The van der Waals surface area contributed by atoms with Gasteiger partial charge in [-0.05, 0) is 36.1 Å². The lowest BCUT2D eigenvalue weighted by Gasteiger charge is -2.37. The standard InChI is InChI=1S/C20H22N4O3S/c1-13-8-18(28-12-13)16-9-15-17(2-3-21-19(15)22-16)23-4-6-24(7-5-23)20(25)27-14-10-26-11-14/h2-3,8-9,12,14H,4-7,10-11H2,1H3,(H,21,22). The molecule has 3 aromatic rings. The van der Waals surface area contributed by atoms with E-state index in [1.807, 2.05) is 6.20 Å². The third-order valence-electron chi connectivity index (χ3n) is 5.26. The number of carbonyl (C=O) groups excluding carboxylic acids is 1. The normalized spacial score (nSPS) is 17.8. The first-order valence-corrected chi connectivity index (χ1v) is 10.4. The van der Waals surface area contributed by atoms with Gasteiger partial charge in [-0.15, -0.1) is 11.3 Å². The summed E-state index contributed by atoms with van der Waals surface area (Å²) in [6.07, 6.45) is 1.53. The molecule has 2 fully saturated rings. The molecule has 3 aromatic heterocycles. The van der Waals surface area contributed by atoms with Gasteiger partial charge in [0.15, 0.2) is 6.10 Å². The first-order valence-electron chi connectivity index (χ1n) is 9.49. The largest absolute Gasteiger partial charge is 0.441 e. The first-order chi connectivity index (χ1) is 13.7. The molecule has 0 aromatic carbocycles. The van der Waals surface area contributed by atoms with Crippen molar-refractivity contribution < 1.29 is 14.3 Å². The topological polar surface area (TPSA) is 70.7 Å². The van der Waals surface area contributed by atoms with Gasteiger partial charge >= 0.3 is 6.09 Å². The van der Waals surface area contributed by atoms with Crippen LogP contribution in [0, 0.1) is 6.92 Å². The Morgan fingerprint density at radius 2 is 2.11 bits per heavy atom. The lowest BCUT2D eigenvalue weighted by atomic mass is 10.2.